The fraction of sp³-hybridized carbons (Fsp3) is 0.917. The van der Waals surface area contributed by atoms with E-state index in [2.05, 4.69) is 20.8 Å². The van der Waals surface area contributed by atoms with Gasteiger partial charge < -0.3 is 9.47 Å². The van der Waals surface area contributed by atoms with Crippen molar-refractivity contribution in [1.82, 2.24) is 0 Å². The molecule has 3 rings (SSSR count). The van der Waals surface area contributed by atoms with Gasteiger partial charge in [0.2, 0.25) is 0 Å². The lowest BCUT2D eigenvalue weighted by molar-refractivity contribution is -0.143. The fourth-order valence-electron chi connectivity index (χ4n) is 3.49. The van der Waals surface area contributed by atoms with E-state index >= 15 is 0 Å². The Kier molecular flexibility index (Phi) is 1.77. The van der Waals surface area contributed by atoms with Crippen molar-refractivity contribution in [1.29, 1.82) is 0 Å². The predicted molar refractivity (Wildman–Crippen MR) is 54.2 cm³/mol. The molecule has 0 aliphatic carbocycles. The van der Waals surface area contributed by atoms with E-state index in [-0.39, 0.29) is 29.5 Å². The van der Waals surface area contributed by atoms with E-state index in [1.807, 2.05) is 0 Å². The van der Waals surface area contributed by atoms with Crippen LogP contribution in [0, 0.1) is 23.2 Å². The van der Waals surface area contributed by atoms with Crippen molar-refractivity contribution in [3.63, 3.8) is 0 Å². The molecule has 3 fully saturated rings. The summed E-state index contributed by atoms with van der Waals surface area (Å²) < 4.78 is 11.1. The van der Waals surface area contributed by atoms with Gasteiger partial charge in [0, 0.05) is 5.92 Å². The number of ether oxygens (including phenoxy) is 2. The minimum Gasteiger partial charge on any atom is -0.465 e. The van der Waals surface area contributed by atoms with Crippen LogP contribution in [0.4, 0.5) is 0 Å². The summed E-state index contributed by atoms with van der Waals surface area (Å²) in [5, 5.41) is 0. The zero-order chi connectivity index (χ0) is 10.8. The molecule has 3 heteroatoms. The third-order valence-corrected chi connectivity index (χ3v) is 4.30. The molecule has 3 nitrogen and oxygen atoms in total. The van der Waals surface area contributed by atoms with Gasteiger partial charge in [0.1, 0.15) is 0 Å². The van der Waals surface area contributed by atoms with Gasteiger partial charge in [-0.05, 0) is 17.8 Å². The van der Waals surface area contributed by atoms with E-state index in [0.29, 0.717) is 18.4 Å². The summed E-state index contributed by atoms with van der Waals surface area (Å²) in [6, 6.07) is 0. The number of carbonyl (C=O) groups is 1. The minimum atomic E-state index is -0.0279. The number of cyclic esters (lactones) is 1. The first-order valence-electron chi connectivity index (χ1n) is 5.80. The van der Waals surface area contributed by atoms with Crippen LogP contribution in [0.1, 0.15) is 27.2 Å². The molecule has 0 spiro atoms. The second-order valence-electron chi connectivity index (χ2n) is 6.17. The molecule has 2 bridgehead atoms. The Morgan fingerprint density at radius 3 is 2.73 bits per heavy atom. The Balaban J connectivity index is 1.86. The average Bonchev–Trinajstić information content (AvgIpc) is 2.73. The average molecular weight is 210 g/mol. The molecular weight excluding hydrogens is 192 g/mol. The third-order valence-electron chi connectivity index (χ3n) is 4.30. The summed E-state index contributed by atoms with van der Waals surface area (Å²) in [6.45, 7) is 7.36. The Labute approximate surface area is 90.1 Å². The zero-order valence-electron chi connectivity index (χ0n) is 9.53. The smallest absolute Gasteiger partial charge is 0.312 e. The summed E-state index contributed by atoms with van der Waals surface area (Å²) in [7, 11) is 0. The molecule has 0 aromatic rings. The number of carbonyl (C=O) groups excluding carboxylic acids is 1. The predicted octanol–water partition coefficient (Wildman–Crippen LogP) is 1.61. The number of hydrogen-bond acceptors (Lipinski definition) is 3. The summed E-state index contributed by atoms with van der Waals surface area (Å²) in [6.07, 6.45) is 1.43. The molecular formula is C12H18O3. The van der Waals surface area contributed by atoms with E-state index in [1.54, 1.807) is 0 Å². The maximum Gasteiger partial charge on any atom is 0.312 e. The molecule has 5 unspecified atom stereocenters. The second kappa shape index (κ2) is 2.76. The van der Waals surface area contributed by atoms with Crippen LogP contribution in [0.3, 0.4) is 0 Å². The first-order valence-corrected chi connectivity index (χ1v) is 5.80. The topological polar surface area (TPSA) is 35.5 Å². The van der Waals surface area contributed by atoms with Crippen molar-refractivity contribution < 1.29 is 14.3 Å². The fourth-order valence-corrected chi connectivity index (χ4v) is 3.49. The van der Waals surface area contributed by atoms with E-state index in [4.69, 9.17) is 9.47 Å². The molecule has 3 aliphatic heterocycles. The van der Waals surface area contributed by atoms with Crippen molar-refractivity contribution in [3.05, 3.63) is 0 Å². The lowest BCUT2D eigenvalue weighted by Gasteiger charge is -2.35. The monoisotopic (exact) mass is 210 g/mol. The Bertz CT molecular complexity index is 304. The quantitative estimate of drug-likeness (QED) is 0.570. The maximum absolute atomic E-state index is 11.5. The molecule has 3 saturated heterocycles. The standard InChI is InChI=1S/C12H18O3/c1-12(2,3)7-4-8-9-6(10(7)15-8)5-14-11(9)13/h6-10H,4-5H2,1-3H3. The van der Waals surface area contributed by atoms with Gasteiger partial charge in [-0.1, -0.05) is 20.8 Å². The van der Waals surface area contributed by atoms with E-state index < -0.39 is 0 Å². The van der Waals surface area contributed by atoms with Crippen LogP contribution in [0.5, 0.6) is 0 Å². The van der Waals surface area contributed by atoms with Crippen molar-refractivity contribution in [2.45, 2.75) is 39.4 Å². The SMILES string of the molecule is CC(C)(C)C1CC2OC1C1COC(=O)C21. The molecule has 0 amide bonds. The van der Waals surface area contributed by atoms with Gasteiger partial charge in [0.25, 0.3) is 0 Å². The Hall–Kier alpha value is -0.570. The van der Waals surface area contributed by atoms with Crippen molar-refractivity contribution in [3.8, 4) is 0 Å². The molecule has 0 radical (unpaired) electrons. The summed E-state index contributed by atoms with van der Waals surface area (Å²) in [4.78, 5) is 11.5. The summed E-state index contributed by atoms with van der Waals surface area (Å²) in [5.41, 5.74) is 0.274. The normalized spacial score (nSPS) is 48.2. The van der Waals surface area contributed by atoms with Crippen LogP contribution in [-0.2, 0) is 14.3 Å². The lowest BCUT2D eigenvalue weighted by Crippen LogP contribution is -2.39. The number of rotatable bonds is 0. The summed E-state index contributed by atoms with van der Waals surface area (Å²) in [5.74, 6) is 0.937. The van der Waals surface area contributed by atoms with Crippen LogP contribution in [0.25, 0.3) is 0 Å². The van der Waals surface area contributed by atoms with Crippen LogP contribution < -0.4 is 0 Å². The van der Waals surface area contributed by atoms with Gasteiger partial charge in [-0.3, -0.25) is 4.79 Å². The number of fused-ring (bicyclic) bond motifs is 5. The van der Waals surface area contributed by atoms with Crippen LogP contribution >= 0.6 is 0 Å². The van der Waals surface area contributed by atoms with Crippen LogP contribution in [-0.4, -0.2) is 24.8 Å². The van der Waals surface area contributed by atoms with Gasteiger partial charge in [-0.15, -0.1) is 0 Å². The van der Waals surface area contributed by atoms with Crippen molar-refractivity contribution in [2.75, 3.05) is 6.61 Å². The van der Waals surface area contributed by atoms with Crippen LogP contribution in [0.2, 0.25) is 0 Å². The first-order chi connectivity index (χ1) is 6.98. The number of esters is 1. The first kappa shape index (κ1) is 9.64. The Morgan fingerprint density at radius 2 is 2.07 bits per heavy atom. The highest BCUT2D eigenvalue weighted by atomic mass is 16.6. The van der Waals surface area contributed by atoms with Gasteiger partial charge >= 0.3 is 5.97 Å². The van der Waals surface area contributed by atoms with E-state index in [9.17, 15) is 4.79 Å². The lowest BCUT2D eigenvalue weighted by atomic mass is 9.66. The zero-order valence-corrected chi connectivity index (χ0v) is 9.53. The summed E-state index contributed by atoms with van der Waals surface area (Å²) >= 11 is 0. The second-order valence-corrected chi connectivity index (χ2v) is 6.17. The Morgan fingerprint density at radius 1 is 1.33 bits per heavy atom. The molecule has 0 saturated carbocycles. The van der Waals surface area contributed by atoms with Crippen molar-refractivity contribution >= 4 is 5.97 Å². The van der Waals surface area contributed by atoms with Gasteiger partial charge in [0.15, 0.2) is 0 Å². The molecule has 5 atom stereocenters. The largest absolute Gasteiger partial charge is 0.465 e. The number of hydrogen-bond donors (Lipinski definition) is 0. The van der Waals surface area contributed by atoms with Gasteiger partial charge in [-0.25, -0.2) is 0 Å². The molecule has 0 N–H and O–H groups in total. The molecule has 0 aromatic heterocycles. The minimum absolute atomic E-state index is 0.0279. The maximum atomic E-state index is 11.5. The molecule has 3 heterocycles. The third kappa shape index (κ3) is 1.19. The highest BCUT2D eigenvalue weighted by Gasteiger charge is 2.62. The van der Waals surface area contributed by atoms with Crippen molar-refractivity contribution in [2.24, 2.45) is 23.2 Å². The highest BCUT2D eigenvalue weighted by molar-refractivity contribution is 5.76. The molecule has 15 heavy (non-hydrogen) atoms. The van der Waals surface area contributed by atoms with Gasteiger partial charge in [-0.2, -0.15) is 0 Å². The van der Waals surface area contributed by atoms with E-state index in [0.717, 1.165) is 6.42 Å². The molecule has 3 aliphatic rings. The van der Waals surface area contributed by atoms with Crippen LogP contribution in [0.15, 0.2) is 0 Å². The van der Waals surface area contributed by atoms with E-state index in [1.165, 1.54) is 0 Å². The molecule has 84 valence electrons. The molecule has 0 aromatic carbocycles. The highest BCUT2D eigenvalue weighted by Crippen LogP contribution is 2.54. The van der Waals surface area contributed by atoms with Gasteiger partial charge in [0.05, 0.1) is 24.7 Å².